The molecule has 302 valence electrons. The Morgan fingerprint density at radius 2 is 1.64 bits per heavy atom. The molecule has 0 radical (unpaired) electrons. The van der Waals surface area contributed by atoms with Gasteiger partial charge in [-0.3, -0.25) is 4.90 Å². The van der Waals surface area contributed by atoms with Crippen molar-refractivity contribution in [2.45, 2.75) is 84.3 Å². The van der Waals surface area contributed by atoms with E-state index in [9.17, 15) is 27.9 Å². The third-order valence-corrected chi connectivity index (χ3v) is 8.46. The van der Waals surface area contributed by atoms with Crippen LogP contribution in [-0.2, 0) is 25.5 Å². The second-order valence-electron chi connectivity index (χ2n) is 15.3. The van der Waals surface area contributed by atoms with Crippen molar-refractivity contribution in [2.75, 3.05) is 62.9 Å². The Morgan fingerprint density at radius 1 is 0.945 bits per heavy atom. The smallest absolute Gasteiger partial charge is 0.415 e. The average molecular weight is 775 g/mol. The number of aromatic nitrogens is 1. The number of hydrogen-bond acceptors (Lipinski definition) is 9. The van der Waals surface area contributed by atoms with E-state index in [0.29, 0.717) is 68.0 Å². The number of nitrogens with zero attached hydrogens (tertiary/aromatic N) is 3. The number of nitrogens with one attached hydrogen (secondary N) is 1. The topological polar surface area (TPSA) is 135 Å². The fourth-order valence-electron chi connectivity index (χ4n) is 6.14. The van der Waals surface area contributed by atoms with Crippen LogP contribution in [0.2, 0.25) is 0 Å². The van der Waals surface area contributed by atoms with E-state index in [1.54, 1.807) is 82.8 Å². The average Bonchev–Trinajstić information content (AvgIpc) is 3.41. The number of fused-ring (bicyclic) bond motifs is 1. The van der Waals surface area contributed by atoms with Crippen LogP contribution in [0.5, 0.6) is 5.75 Å². The summed E-state index contributed by atoms with van der Waals surface area (Å²) < 4.78 is 65.4. The summed E-state index contributed by atoms with van der Waals surface area (Å²) in [5, 5.41) is 23.1. The highest BCUT2D eigenvalue weighted by molar-refractivity contribution is 5.94. The van der Waals surface area contributed by atoms with Crippen molar-refractivity contribution in [1.29, 1.82) is 0 Å². The molecule has 0 aliphatic carbocycles. The summed E-state index contributed by atoms with van der Waals surface area (Å²) in [5.74, 6) is 5.54. The lowest BCUT2D eigenvalue weighted by molar-refractivity contribution is -0.140. The second kappa shape index (κ2) is 18.8. The van der Waals surface area contributed by atoms with Gasteiger partial charge >= 0.3 is 18.4 Å². The molecule has 15 heteroatoms. The molecule has 1 aliphatic heterocycles. The molecule has 12 nitrogen and oxygen atoms in total. The molecule has 1 saturated heterocycles. The number of hydrogen-bond donors (Lipinski definition) is 3. The summed E-state index contributed by atoms with van der Waals surface area (Å²) in [6.07, 6.45) is -4.59. The highest BCUT2D eigenvalue weighted by Gasteiger charge is 2.34. The Labute approximate surface area is 320 Å². The van der Waals surface area contributed by atoms with Gasteiger partial charge in [-0.1, -0.05) is 18.1 Å². The zero-order chi connectivity index (χ0) is 40.4. The summed E-state index contributed by atoms with van der Waals surface area (Å²) >= 11 is 0. The van der Waals surface area contributed by atoms with Crippen molar-refractivity contribution in [3.8, 4) is 17.6 Å². The van der Waals surface area contributed by atoms with Gasteiger partial charge in [0, 0.05) is 42.9 Å². The third-order valence-electron chi connectivity index (χ3n) is 8.46. The van der Waals surface area contributed by atoms with Gasteiger partial charge in [-0.25, -0.2) is 9.59 Å². The van der Waals surface area contributed by atoms with Crippen LogP contribution >= 0.6 is 0 Å². The van der Waals surface area contributed by atoms with E-state index in [1.165, 1.54) is 17.0 Å². The monoisotopic (exact) mass is 774 g/mol. The first-order valence-electron chi connectivity index (χ1n) is 18.3. The maximum Gasteiger partial charge on any atom is 0.415 e. The zero-order valence-electron chi connectivity index (χ0n) is 32.4. The highest BCUT2D eigenvalue weighted by atomic mass is 19.4. The number of alkyl halides is 3. The van der Waals surface area contributed by atoms with Crippen LogP contribution in [0, 0.1) is 17.8 Å². The quantitative estimate of drug-likeness (QED) is 0.122. The van der Waals surface area contributed by atoms with Crippen LogP contribution in [0.25, 0.3) is 10.9 Å². The first kappa shape index (κ1) is 43.1. The lowest BCUT2D eigenvalue weighted by Gasteiger charge is -2.40. The summed E-state index contributed by atoms with van der Waals surface area (Å²) in [6, 6.07) is 12.5. The molecule has 3 N–H and O–H groups in total. The van der Waals surface area contributed by atoms with E-state index >= 15 is 0 Å². The van der Waals surface area contributed by atoms with Crippen molar-refractivity contribution >= 4 is 34.5 Å². The number of phenols is 1. The standard InChI is InChI=1S/C40H53F3N4O8/c1-38(2,3)54-36(50)45-18-15-33(28(26-45)16-20-52-22-23-53-21-19-48)44-34-13-8-14-35-32(34)25-30(47(35)27-40(41,42)43)11-9-17-46(37(51)55-39(4,5)6)29-10-7-12-31(49)24-29/h7-8,10,12-14,24-25,28,33,44,48-49H,15-23,26-27H2,1-6H3. The first-order chi connectivity index (χ1) is 25.8. The number of aromatic hydroxyl groups is 1. The first-order valence-corrected chi connectivity index (χ1v) is 18.3. The van der Waals surface area contributed by atoms with Gasteiger partial charge in [0.25, 0.3) is 0 Å². The number of likely N-dealkylation sites (tertiary alicyclic amines) is 1. The molecule has 3 aromatic rings. The molecule has 1 fully saturated rings. The SMILES string of the molecule is CC(C)(C)OC(=O)N1CCC(Nc2cccc3c2cc(C#CCN(C(=O)OC(C)(C)C)c2cccc(O)c2)n3CC(F)(F)F)C(CCOCCOCCO)C1. The van der Waals surface area contributed by atoms with Crippen LogP contribution in [-0.4, -0.2) is 108 Å². The maximum absolute atomic E-state index is 14.0. The van der Waals surface area contributed by atoms with Gasteiger partial charge in [-0.15, -0.1) is 0 Å². The minimum atomic E-state index is -4.56. The van der Waals surface area contributed by atoms with E-state index in [1.807, 2.05) is 0 Å². The summed E-state index contributed by atoms with van der Waals surface area (Å²) in [6.45, 7) is 11.0. The fourth-order valence-corrected chi connectivity index (χ4v) is 6.14. The molecule has 55 heavy (non-hydrogen) atoms. The largest absolute Gasteiger partial charge is 0.508 e. The van der Waals surface area contributed by atoms with E-state index in [4.69, 9.17) is 24.1 Å². The molecule has 0 spiro atoms. The molecule has 4 rings (SSSR count). The van der Waals surface area contributed by atoms with Gasteiger partial charge in [0.15, 0.2) is 0 Å². The zero-order valence-corrected chi connectivity index (χ0v) is 32.4. The molecule has 2 unspecified atom stereocenters. The minimum Gasteiger partial charge on any atom is -0.508 e. The molecular weight excluding hydrogens is 721 g/mol. The van der Waals surface area contributed by atoms with Gasteiger partial charge in [0.1, 0.15) is 23.5 Å². The number of phenolic OH excluding ortho intramolecular Hbond substituents is 1. The molecule has 2 aromatic carbocycles. The summed E-state index contributed by atoms with van der Waals surface area (Å²) in [4.78, 5) is 29.1. The number of benzene rings is 2. The van der Waals surface area contributed by atoms with Crippen molar-refractivity contribution in [2.24, 2.45) is 5.92 Å². The number of aliphatic hydroxyl groups excluding tert-OH is 1. The van der Waals surface area contributed by atoms with E-state index in [0.717, 1.165) is 4.57 Å². The van der Waals surface area contributed by atoms with Gasteiger partial charge in [-0.2, -0.15) is 13.2 Å². The number of carbonyl (C=O) groups is 2. The molecule has 2 heterocycles. The molecule has 0 saturated carbocycles. The van der Waals surface area contributed by atoms with Gasteiger partial charge in [-0.05, 0) is 96.6 Å². The lowest BCUT2D eigenvalue weighted by atomic mass is 9.89. The molecule has 1 aromatic heterocycles. The second-order valence-corrected chi connectivity index (χ2v) is 15.3. The third kappa shape index (κ3) is 13.6. The van der Waals surface area contributed by atoms with Crippen molar-refractivity contribution in [3.05, 3.63) is 54.2 Å². The van der Waals surface area contributed by atoms with Crippen LogP contribution in [0.3, 0.4) is 0 Å². The number of anilines is 2. The summed E-state index contributed by atoms with van der Waals surface area (Å²) in [5.41, 5.74) is -0.185. The number of carbonyl (C=O) groups excluding carboxylic acids is 2. The van der Waals surface area contributed by atoms with Crippen LogP contribution in [0.4, 0.5) is 34.1 Å². The number of piperidine rings is 1. The fraction of sp³-hybridized carbons (Fsp3) is 0.550. The Bertz CT molecular complexity index is 1810. The van der Waals surface area contributed by atoms with E-state index < -0.39 is 36.1 Å². The Hall–Kier alpha value is -4.65. The molecular formula is C40H53F3N4O8. The predicted octanol–water partition coefficient (Wildman–Crippen LogP) is 7.16. The van der Waals surface area contributed by atoms with Crippen molar-refractivity contribution < 1.29 is 51.9 Å². The Kier molecular flexibility index (Phi) is 14.7. The molecule has 2 amide bonds. The van der Waals surface area contributed by atoms with Crippen LogP contribution in [0.1, 0.15) is 60.1 Å². The molecule has 1 aliphatic rings. The number of aliphatic hydroxyl groups is 1. The molecule has 2 atom stereocenters. The number of ether oxygens (including phenoxy) is 4. The van der Waals surface area contributed by atoms with Gasteiger partial charge in [0.05, 0.1) is 49.9 Å². The predicted molar refractivity (Wildman–Crippen MR) is 203 cm³/mol. The van der Waals surface area contributed by atoms with E-state index in [-0.39, 0.29) is 43.2 Å². The number of halogens is 3. The maximum atomic E-state index is 14.0. The minimum absolute atomic E-state index is 0.0799. The van der Waals surface area contributed by atoms with E-state index in [2.05, 4.69) is 17.2 Å². The Balaban J connectivity index is 1.63. The highest BCUT2D eigenvalue weighted by Crippen LogP contribution is 2.33. The van der Waals surface area contributed by atoms with Gasteiger partial charge < -0.3 is 43.9 Å². The summed E-state index contributed by atoms with van der Waals surface area (Å²) in [7, 11) is 0. The number of rotatable bonds is 13. The van der Waals surface area contributed by atoms with Gasteiger partial charge in [0.2, 0.25) is 0 Å². The van der Waals surface area contributed by atoms with Crippen molar-refractivity contribution in [3.63, 3.8) is 0 Å². The normalized spacial score (nSPS) is 16.4. The number of amides is 2. The lowest BCUT2D eigenvalue weighted by Crippen LogP contribution is -2.50. The Morgan fingerprint density at radius 3 is 2.29 bits per heavy atom. The van der Waals surface area contributed by atoms with Crippen LogP contribution in [0.15, 0.2) is 48.5 Å². The van der Waals surface area contributed by atoms with Crippen LogP contribution < -0.4 is 10.2 Å². The molecule has 0 bridgehead atoms. The van der Waals surface area contributed by atoms with Crippen molar-refractivity contribution in [1.82, 2.24) is 9.47 Å².